The van der Waals surface area contributed by atoms with Crippen LogP contribution in [0.5, 0.6) is 11.5 Å². The summed E-state index contributed by atoms with van der Waals surface area (Å²) in [7, 11) is 1.40. The van der Waals surface area contributed by atoms with Crippen molar-refractivity contribution >= 4 is 11.6 Å². The first-order valence-electron chi connectivity index (χ1n) is 9.97. The van der Waals surface area contributed by atoms with E-state index in [4.69, 9.17) is 21.6 Å². The number of hydrogen-bond donors (Lipinski definition) is 1. The first-order valence-corrected chi connectivity index (χ1v) is 10.3. The molecule has 2 aromatic carbocycles. The van der Waals surface area contributed by atoms with E-state index in [2.05, 4.69) is 10.2 Å². The Morgan fingerprint density at radius 1 is 1.14 bits per heavy atom. The zero-order valence-electron chi connectivity index (χ0n) is 17.9. The number of nitriles is 1. The number of ether oxygens (including phenoxy) is 1. The highest BCUT2D eigenvalue weighted by atomic mass is 35.5. The number of aromatic amines is 1. The predicted molar refractivity (Wildman–Crippen MR) is 120 cm³/mol. The van der Waals surface area contributed by atoms with Crippen molar-refractivity contribution in [1.29, 1.82) is 5.26 Å². The molecule has 0 aliphatic rings. The largest absolute Gasteiger partial charge is 0.449 e. The molecular weight excluding hydrogens is 487 g/mol. The minimum atomic E-state index is -4.88. The fourth-order valence-corrected chi connectivity index (χ4v) is 3.53. The van der Waals surface area contributed by atoms with Crippen LogP contribution in [-0.2, 0) is 19.8 Å². The number of nitrogens with zero attached hydrogens (tertiary/aromatic N) is 4. The molecular formula is C23H15ClF3N5O3. The summed E-state index contributed by atoms with van der Waals surface area (Å²) in [6, 6.07) is 13.8. The van der Waals surface area contributed by atoms with E-state index in [1.165, 1.54) is 19.2 Å². The highest BCUT2D eigenvalue weighted by molar-refractivity contribution is 6.32. The molecule has 4 rings (SSSR count). The van der Waals surface area contributed by atoms with Crippen LogP contribution in [0.4, 0.5) is 13.2 Å². The zero-order chi connectivity index (χ0) is 25.3. The number of aromatic nitrogens is 4. The second-order valence-corrected chi connectivity index (χ2v) is 7.84. The third-order valence-electron chi connectivity index (χ3n) is 5.18. The van der Waals surface area contributed by atoms with Crippen LogP contribution in [0.15, 0.2) is 64.3 Å². The lowest BCUT2D eigenvalue weighted by atomic mass is 10.0. The third kappa shape index (κ3) is 4.83. The summed E-state index contributed by atoms with van der Waals surface area (Å²) in [5.41, 5.74) is -1.22. The Labute approximate surface area is 200 Å². The molecule has 0 amide bonds. The Hall–Kier alpha value is -4.30. The summed E-state index contributed by atoms with van der Waals surface area (Å²) in [6.07, 6.45) is -3.93. The average Bonchev–Trinajstić information content (AvgIpc) is 3.14. The van der Waals surface area contributed by atoms with E-state index in [1.54, 1.807) is 30.3 Å². The predicted octanol–water partition coefficient (Wildman–Crippen LogP) is 4.32. The zero-order valence-corrected chi connectivity index (χ0v) is 18.7. The summed E-state index contributed by atoms with van der Waals surface area (Å²) in [5.74, 6) is -1.01. The molecule has 178 valence electrons. The first kappa shape index (κ1) is 23.8. The molecule has 0 spiro atoms. The van der Waals surface area contributed by atoms with Gasteiger partial charge in [0, 0.05) is 13.2 Å². The quantitative estimate of drug-likeness (QED) is 0.438. The number of pyridine rings is 1. The lowest BCUT2D eigenvalue weighted by Gasteiger charge is -2.16. The summed E-state index contributed by atoms with van der Waals surface area (Å²) in [4.78, 5) is 24.5. The molecule has 35 heavy (non-hydrogen) atoms. The van der Waals surface area contributed by atoms with Crippen LogP contribution in [0.3, 0.4) is 0 Å². The summed E-state index contributed by atoms with van der Waals surface area (Å²) in [5, 5.41) is 15.0. The monoisotopic (exact) mass is 501 g/mol. The van der Waals surface area contributed by atoms with Crippen molar-refractivity contribution in [1.82, 2.24) is 19.3 Å². The number of benzene rings is 2. The normalized spacial score (nSPS) is 11.3. The van der Waals surface area contributed by atoms with E-state index in [0.29, 0.717) is 22.8 Å². The van der Waals surface area contributed by atoms with E-state index in [-0.39, 0.29) is 23.1 Å². The molecule has 0 saturated heterocycles. The Morgan fingerprint density at radius 2 is 1.89 bits per heavy atom. The van der Waals surface area contributed by atoms with Gasteiger partial charge in [-0.05, 0) is 41.5 Å². The van der Waals surface area contributed by atoms with Gasteiger partial charge in [0.2, 0.25) is 5.75 Å². The van der Waals surface area contributed by atoms with Gasteiger partial charge in [-0.3, -0.25) is 9.36 Å². The molecule has 8 nitrogen and oxygen atoms in total. The van der Waals surface area contributed by atoms with Crippen LogP contribution >= 0.6 is 11.6 Å². The lowest BCUT2D eigenvalue weighted by molar-refractivity contribution is -0.138. The lowest BCUT2D eigenvalue weighted by Crippen LogP contribution is -2.26. The van der Waals surface area contributed by atoms with Crippen LogP contribution in [0, 0.1) is 11.3 Å². The summed E-state index contributed by atoms with van der Waals surface area (Å²) < 4.78 is 48.5. The molecule has 4 aromatic rings. The topological polar surface area (TPSA) is 106 Å². The minimum absolute atomic E-state index is 0.0394. The third-order valence-corrected chi connectivity index (χ3v) is 5.47. The van der Waals surface area contributed by atoms with Gasteiger partial charge < -0.3 is 9.30 Å². The molecule has 0 radical (unpaired) electrons. The smallest absolute Gasteiger partial charge is 0.420 e. The fourth-order valence-electron chi connectivity index (χ4n) is 3.31. The molecule has 0 atom stereocenters. The standard InChI is InChI=1S/C23H15ClF3N5O3/c1-31-19(29-30-22(31)34)12-32-8-7-16(23(25,26)27)20(21(32)33)35-18-6-5-15(10-17(18)24)14-4-2-3-13(9-14)11-28/h2-10H,12H2,1H3,(H,30,34). The summed E-state index contributed by atoms with van der Waals surface area (Å²) >= 11 is 6.28. The second-order valence-electron chi connectivity index (χ2n) is 7.43. The van der Waals surface area contributed by atoms with Gasteiger partial charge in [-0.25, -0.2) is 9.89 Å². The number of H-pyrrole nitrogens is 1. The van der Waals surface area contributed by atoms with Gasteiger partial charge in [-0.2, -0.15) is 23.5 Å². The highest BCUT2D eigenvalue weighted by Crippen LogP contribution is 2.38. The van der Waals surface area contributed by atoms with E-state index in [0.717, 1.165) is 15.3 Å². The van der Waals surface area contributed by atoms with Crippen molar-refractivity contribution in [2.75, 3.05) is 0 Å². The molecule has 2 heterocycles. The van der Waals surface area contributed by atoms with E-state index in [9.17, 15) is 22.8 Å². The van der Waals surface area contributed by atoms with Crippen LogP contribution in [0.25, 0.3) is 11.1 Å². The summed E-state index contributed by atoms with van der Waals surface area (Å²) in [6.45, 7) is -0.273. The van der Waals surface area contributed by atoms with Gasteiger partial charge in [-0.15, -0.1) is 0 Å². The first-order chi connectivity index (χ1) is 16.6. The second kappa shape index (κ2) is 9.15. The van der Waals surface area contributed by atoms with Crippen LogP contribution in [0.1, 0.15) is 17.0 Å². The van der Waals surface area contributed by atoms with Crippen LogP contribution in [-0.4, -0.2) is 19.3 Å². The maximum atomic E-state index is 13.7. The van der Waals surface area contributed by atoms with Gasteiger partial charge in [0.1, 0.15) is 11.3 Å². The minimum Gasteiger partial charge on any atom is -0.449 e. The number of alkyl halides is 3. The maximum Gasteiger partial charge on any atom is 0.420 e. The number of hydrogen-bond acceptors (Lipinski definition) is 5. The highest BCUT2D eigenvalue weighted by Gasteiger charge is 2.37. The van der Waals surface area contributed by atoms with Crippen molar-refractivity contribution in [2.45, 2.75) is 12.7 Å². The van der Waals surface area contributed by atoms with Gasteiger partial charge in [0.25, 0.3) is 5.56 Å². The van der Waals surface area contributed by atoms with Gasteiger partial charge >= 0.3 is 11.9 Å². The van der Waals surface area contributed by atoms with E-state index in [1.807, 2.05) is 6.07 Å². The Morgan fingerprint density at radius 3 is 2.51 bits per heavy atom. The average molecular weight is 502 g/mol. The Bertz CT molecular complexity index is 1580. The molecule has 0 aliphatic heterocycles. The van der Waals surface area contributed by atoms with E-state index < -0.39 is 28.7 Å². The Kier molecular flexibility index (Phi) is 6.24. The molecule has 12 heteroatoms. The van der Waals surface area contributed by atoms with E-state index >= 15 is 0 Å². The maximum absolute atomic E-state index is 13.7. The molecule has 0 aliphatic carbocycles. The van der Waals surface area contributed by atoms with Crippen molar-refractivity contribution < 1.29 is 17.9 Å². The van der Waals surface area contributed by atoms with Crippen LogP contribution < -0.4 is 16.0 Å². The molecule has 0 unspecified atom stereocenters. The van der Waals surface area contributed by atoms with Gasteiger partial charge in [0.05, 0.1) is 23.2 Å². The van der Waals surface area contributed by atoms with Crippen molar-refractivity contribution in [3.63, 3.8) is 0 Å². The molecule has 1 N–H and O–H groups in total. The van der Waals surface area contributed by atoms with Crippen molar-refractivity contribution in [3.8, 4) is 28.7 Å². The number of nitrogens with one attached hydrogen (secondary N) is 1. The van der Waals surface area contributed by atoms with Gasteiger partial charge in [-0.1, -0.05) is 29.8 Å². The molecule has 2 aromatic heterocycles. The molecule has 0 saturated carbocycles. The number of rotatable bonds is 5. The Balaban J connectivity index is 1.74. The van der Waals surface area contributed by atoms with Crippen LogP contribution in [0.2, 0.25) is 5.02 Å². The molecule has 0 fully saturated rings. The molecule has 0 bridgehead atoms. The van der Waals surface area contributed by atoms with Crippen molar-refractivity contribution in [2.24, 2.45) is 7.05 Å². The number of halogens is 4. The van der Waals surface area contributed by atoms with Gasteiger partial charge in [0.15, 0.2) is 5.82 Å². The van der Waals surface area contributed by atoms with Crippen molar-refractivity contribution in [3.05, 3.63) is 97.5 Å². The SMILES string of the molecule is Cn1c(Cn2ccc(C(F)(F)F)c(Oc3ccc(-c4cccc(C#N)c4)cc3Cl)c2=O)n[nH]c1=O. The fraction of sp³-hybridized carbons (Fsp3) is 0.130.